The Balaban J connectivity index is 2.64. The third-order valence-corrected chi connectivity index (χ3v) is 2.75. The van der Waals surface area contributed by atoms with Crippen LogP contribution in [-0.4, -0.2) is 23.4 Å². The molecule has 1 aromatic heterocycles. The number of carbonyl (C=O) groups is 1. The molecule has 15 heavy (non-hydrogen) atoms. The van der Waals surface area contributed by atoms with E-state index in [4.69, 9.17) is 15.4 Å². The third kappa shape index (κ3) is 3.26. The SMILES string of the molecule is Cc1cc(CSCCO)oc1C(=O)NN. The van der Waals surface area contributed by atoms with E-state index in [1.807, 2.05) is 5.43 Å². The summed E-state index contributed by atoms with van der Waals surface area (Å²) in [7, 11) is 0. The van der Waals surface area contributed by atoms with Crippen molar-refractivity contribution in [3.63, 3.8) is 0 Å². The number of nitrogen functional groups attached to an aromatic ring is 1. The molecule has 4 N–H and O–H groups in total. The maximum Gasteiger partial charge on any atom is 0.301 e. The number of rotatable bonds is 5. The van der Waals surface area contributed by atoms with Gasteiger partial charge in [0.2, 0.25) is 0 Å². The zero-order chi connectivity index (χ0) is 11.3. The van der Waals surface area contributed by atoms with E-state index in [1.165, 1.54) is 0 Å². The predicted octanol–water partition coefficient (Wildman–Crippen LogP) is 0.417. The summed E-state index contributed by atoms with van der Waals surface area (Å²) in [6.07, 6.45) is 0. The van der Waals surface area contributed by atoms with Crippen LogP contribution in [0.3, 0.4) is 0 Å². The highest BCUT2D eigenvalue weighted by molar-refractivity contribution is 7.98. The highest BCUT2D eigenvalue weighted by Crippen LogP contribution is 2.19. The van der Waals surface area contributed by atoms with Gasteiger partial charge >= 0.3 is 5.91 Å². The van der Waals surface area contributed by atoms with Gasteiger partial charge in [0, 0.05) is 11.3 Å². The molecule has 0 aliphatic carbocycles. The van der Waals surface area contributed by atoms with Crippen molar-refractivity contribution in [3.05, 3.63) is 23.2 Å². The van der Waals surface area contributed by atoms with E-state index in [2.05, 4.69) is 0 Å². The van der Waals surface area contributed by atoms with Crippen molar-refractivity contribution in [1.29, 1.82) is 0 Å². The lowest BCUT2D eigenvalue weighted by atomic mass is 10.2. The second-order valence-electron chi connectivity index (χ2n) is 2.97. The largest absolute Gasteiger partial charge is 0.455 e. The number of aliphatic hydroxyl groups excluding tert-OH is 1. The van der Waals surface area contributed by atoms with Gasteiger partial charge in [-0.2, -0.15) is 11.8 Å². The molecule has 1 amide bonds. The molecule has 0 spiro atoms. The molecular formula is C9H14N2O3S. The minimum atomic E-state index is -0.425. The van der Waals surface area contributed by atoms with Crippen molar-refractivity contribution in [2.45, 2.75) is 12.7 Å². The number of furan rings is 1. The van der Waals surface area contributed by atoms with E-state index in [1.54, 1.807) is 24.8 Å². The summed E-state index contributed by atoms with van der Waals surface area (Å²) in [5.41, 5.74) is 2.78. The summed E-state index contributed by atoms with van der Waals surface area (Å²) in [5.74, 6) is 6.83. The van der Waals surface area contributed by atoms with Gasteiger partial charge in [-0.05, 0) is 13.0 Å². The maximum absolute atomic E-state index is 11.2. The van der Waals surface area contributed by atoms with E-state index in [9.17, 15) is 4.79 Å². The van der Waals surface area contributed by atoms with Crippen LogP contribution >= 0.6 is 11.8 Å². The summed E-state index contributed by atoms with van der Waals surface area (Å²) >= 11 is 1.54. The summed E-state index contributed by atoms with van der Waals surface area (Å²) in [6, 6.07) is 1.80. The first-order chi connectivity index (χ1) is 7.19. The lowest BCUT2D eigenvalue weighted by molar-refractivity contribution is 0.0923. The number of amides is 1. The van der Waals surface area contributed by atoms with Crippen LogP contribution in [0.4, 0.5) is 0 Å². The van der Waals surface area contributed by atoms with Gasteiger partial charge in [0.1, 0.15) is 5.76 Å². The van der Waals surface area contributed by atoms with Crippen molar-refractivity contribution < 1.29 is 14.3 Å². The fraction of sp³-hybridized carbons (Fsp3) is 0.444. The fourth-order valence-corrected chi connectivity index (χ4v) is 1.76. The molecule has 1 aromatic rings. The average Bonchev–Trinajstić information content (AvgIpc) is 2.59. The fourth-order valence-electron chi connectivity index (χ4n) is 1.15. The first kappa shape index (κ1) is 12.1. The van der Waals surface area contributed by atoms with Gasteiger partial charge in [-0.25, -0.2) is 5.84 Å². The Morgan fingerprint density at radius 2 is 2.47 bits per heavy atom. The van der Waals surface area contributed by atoms with E-state index in [-0.39, 0.29) is 12.4 Å². The molecule has 0 atom stereocenters. The summed E-state index contributed by atoms with van der Waals surface area (Å²) in [4.78, 5) is 11.2. The van der Waals surface area contributed by atoms with Crippen LogP contribution in [-0.2, 0) is 5.75 Å². The van der Waals surface area contributed by atoms with Crippen LogP contribution in [0.25, 0.3) is 0 Å². The van der Waals surface area contributed by atoms with Gasteiger partial charge in [-0.15, -0.1) is 0 Å². The van der Waals surface area contributed by atoms with Crippen LogP contribution in [0, 0.1) is 6.92 Å². The number of aryl methyl sites for hydroxylation is 1. The molecule has 0 saturated carbocycles. The van der Waals surface area contributed by atoms with Crippen LogP contribution in [0.2, 0.25) is 0 Å². The van der Waals surface area contributed by atoms with Crippen molar-refractivity contribution in [1.82, 2.24) is 5.43 Å². The van der Waals surface area contributed by atoms with Crippen LogP contribution in [0.5, 0.6) is 0 Å². The second kappa shape index (κ2) is 5.79. The van der Waals surface area contributed by atoms with Crippen molar-refractivity contribution in [3.8, 4) is 0 Å². The number of aliphatic hydroxyl groups is 1. The maximum atomic E-state index is 11.2. The molecule has 5 nitrogen and oxygen atoms in total. The molecule has 0 unspecified atom stereocenters. The molecule has 1 heterocycles. The van der Waals surface area contributed by atoms with Crippen LogP contribution in [0.1, 0.15) is 21.9 Å². The number of hydrogen-bond acceptors (Lipinski definition) is 5. The van der Waals surface area contributed by atoms with Crippen molar-refractivity contribution in [2.75, 3.05) is 12.4 Å². The van der Waals surface area contributed by atoms with Gasteiger partial charge in [-0.1, -0.05) is 0 Å². The number of thioether (sulfide) groups is 1. The second-order valence-corrected chi connectivity index (χ2v) is 4.08. The average molecular weight is 230 g/mol. The monoisotopic (exact) mass is 230 g/mol. The molecule has 0 aliphatic heterocycles. The van der Waals surface area contributed by atoms with E-state index in [0.717, 1.165) is 5.56 Å². The number of nitrogens with two attached hydrogens (primary N) is 1. The van der Waals surface area contributed by atoms with Gasteiger partial charge in [0.05, 0.1) is 12.4 Å². The molecule has 6 heteroatoms. The Bertz CT molecular complexity index is 338. The highest BCUT2D eigenvalue weighted by atomic mass is 32.2. The lowest BCUT2D eigenvalue weighted by Gasteiger charge is -1.96. The van der Waals surface area contributed by atoms with E-state index in [0.29, 0.717) is 17.3 Å². The molecule has 84 valence electrons. The smallest absolute Gasteiger partial charge is 0.301 e. The van der Waals surface area contributed by atoms with Gasteiger partial charge in [-0.3, -0.25) is 10.2 Å². The minimum absolute atomic E-state index is 0.139. The van der Waals surface area contributed by atoms with E-state index >= 15 is 0 Å². The van der Waals surface area contributed by atoms with Gasteiger partial charge in [0.15, 0.2) is 5.76 Å². The van der Waals surface area contributed by atoms with Crippen LogP contribution < -0.4 is 11.3 Å². The summed E-state index contributed by atoms with van der Waals surface area (Å²) in [6.45, 7) is 1.93. The lowest BCUT2D eigenvalue weighted by Crippen LogP contribution is -2.30. The highest BCUT2D eigenvalue weighted by Gasteiger charge is 2.14. The molecule has 0 aliphatic rings. The minimum Gasteiger partial charge on any atom is -0.455 e. The molecular weight excluding hydrogens is 216 g/mol. The van der Waals surface area contributed by atoms with Crippen molar-refractivity contribution >= 4 is 17.7 Å². The molecule has 0 bridgehead atoms. The van der Waals surface area contributed by atoms with Crippen LogP contribution in [0.15, 0.2) is 10.5 Å². The van der Waals surface area contributed by atoms with Gasteiger partial charge < -0.3 is 9.52 Å². The summed E-state index contributed by atoms with van der Waals surface area (Å²) < 4.78 is 5.32. The van der Waals surface area contributed by atoms with E-state index < -0.39 is 5.91 Å². The molecule has 0 radical (unpaired) electrons. The first-order valence-electron chi connectivity index (χ1n) is 4.48. The van der Waals surface area contributed by atoms with Crippen molar-refractivity contribution in [2.24, 2.45) is 5.84 Å². The topological polar surface area (TPSA) is 88.5 Å². The quantitative estimate of drug-likeness (QED) is 0.295. The first-order valence-corrected chi connectivity index (χ1v) is 5.63. The van der Waals surface area contributed by atoms with Gasteiger partial charge in [0.25, 0.3) is 0 Å². The summed E-state index contributed by atoms with van der Waals surface area (Å²) in [5, 5.41) is 8.60. The third-order valence-electron chi connectivity index (χ3n) is 1.79. The molecule has 0 saturated heterocycles. The molecule has 0 aromatic carbocycles. The Morgan fingerprint density at radius 1 is 1.73 bits per heavy atom. The standard InChI is InChI=1S/C9H14N2O3S/c1-6-4-7(5-15-3-2-12)14-8(6)9(13)11-10/h4,12H,2-3,5,10H2,1H3,(H,11,13). The number of nitrogens with one attached hydrogen (secondary N) is 1. The molecule has 0 fully saturated rings. The normalized spacial score (nSPS) is 10.3. The Kier molecular flexibility index (Phi) is 4.67. The Labute approximate surface area is 92.0 Å². The zero-order valence-corrected chi connectivity index (χ0v) is 9.26. The Hall–Kier alpha value is -0.980. The number of hydrogen-bond donors (Lipinski definition) is 3. The zero-order valence-electron chi connectivity index (χ0n) is 8.45. The number of carbonyl (C=O) groups excluding carboxylic acids is 1. The molecule has 1 rings (SSSR count). The Morgan fingerprint density at radius 3 is 3.07 bits per heavy atom. The number of hydrazine groups is 1. The predicted molar refractivity (Wildman–Crippen MR) is 58.3 cm³/mol.